The molecule has 2 atom stereocenters. The summed E-state index contributed by atoms with van der Waals surface area (Å²) >= 11 is 0. The van der Waals surface area contributed by atoms with E-state index in [-0.39, 0.29) is 6.04 Å². The molecule has 0 aliphatic heterocycles. The number of aromatic nitrogens is 1. The molecule has 3 N–H and O–H groups in total. The molecule has 1 heterocycles. The molecule has 96 valence electrons. The van der Waals surface area contributed by atoms with E-state index in [0.29, 0.717) is 6.04 Å². The van der Waals surface area contributed by atoms with E-state index in [1.807, 2.05) is 25.1 Å². The topological polar surface area (TPSA) is 50.9 Å². The Morgan fingerprint density at radius 2 is 2.00 bits per heavy atom. The van der Waals surface area contributed by atoms with E-state index in [1.54, 1.807) is 0 Å². The zero-order valence-corrected chi connectivity index (χ0v) is 11.3. The van der Waals surface area contributed by atoms with Gasteiger partial charge in [0.2, 0.25) is 0 Å². The number of aryl methyl sites for hydroxylation is 1. The maximum atomic E-state index is 5.82. The molecule has 2 unspecified atom stereocenters. The Morgan fingerprint density at radius 3 is 2.72 bits per heavy atom. The first-order valence-corrected chi connectivity index (χ1v) is 6.45. The SMILES string of the molecule is Cc1cc2ccccc2nc1NC(C)CC(C)N. The highest BCUT2D eigenvalue weighted by Crippen LogP contribution is 2.20. The third-order valence-electron chi connectivity index (χ3n) is 3.02. The lowest BCUT2D eigenvalue weighted by Crippen LogP contribution is -2.26. The van der Waals surface area contributed by atoms with Crippen molar-refractivity contribution in [3.05, 3.63) is 35.9 Å². The first-order valence-electron chi connectivity index (χ1n) is 6.45. The third-order valence-corrected chi connectivity index (χ3v) is 3.02. The number of fused-ring (bicyclic) bond motifs is 1. The van der Waals surface area contributed by atoms with Gasteiger partial charge in [-0.2, -0.15) is 0 Å². The fourth-order valence-corrected chi connectivity index (χ4v) is 2.22. The summed E-state index contributed by atoms with van der Waals surface area (Å²) in [5, 5.41) is 4.62. The van der Waals surface area contributed by atoms with E-state index in [1.165, 1.54) is 10.9 Å². The lowest BCUT2D eigenvalue weighted by molar-refractivity contribution is 0.603. The van der Waals surface area contributed by atoms with Gasteiger partial charge in [-0.25, -0.2) is 4.98 Å². The quantitative estimate of drug-likeness (QED) is 0.867. The van der Waals surface area contributed by atoms with Crippen molar-refractivity contribution in [1.82, 2.24) is 4.98 Å². The minimum atomic E-state index is 0.202. The molecule has 0 aliphatic carbocycles. The van der Waals surface area contributed by atoms with Crippen LogP contribution in [0, 0.1) is 6.92 Å². The van der Waals surface area contributed by atoms with Crippen LogP contribution in [0.5, 0.6) is 0 Å². The van der Waals surface area contributed by atoms with Crippen LogP contribution in [0.3, 0.4) is 0 Å². The molecule has 0 saturated carbocycles. The summed E-state index contributed by atoms with van der Waals surface area (Å²) in [6, 6.07) is 10.9. The number of anilines is 1. The van der Waals surface area contributed by atoms with Gasteiger partial charge in [-0.1, -0.05) is 18.2 Å². The van der Waals surface area contributed by atoms with Gasteiger partial charge in [0.25, 0.3) is 0 Å². The van der Waals surface area contributed by atoms with Gasteiger partial charge in [-0.05, 0) is 44.9 Å². The number of rotatable bonds is 4. The van der Waals surface area contributed by atoms with Crippen LogP contribution in [-0.2, 0) is 0 Å². The molecule has 2 rings (SSSR count). The van der Waals surface area contributed by atoms with E-state index >= 15 is 0 Å². The second-order valence-electron chi connectivity index (χ2n) is 5.10. The van der Waals surface area contributed by atoms with Crippen LogP contribution in [0.1, 0.15) is 25.8 Å². The van der Waals surface area contributed by atoms with Crippen LogP contribution in [0.4, 0.5) is 5.82 Å². The normalized spacial score (nSPS) is 14.4. The minimum Gasteiger partial charge on any atom is -0.367 e. The van der Waals surface area contributed by atoms with E-state index in [4.69, 9.17) is 5.73 Å². The number of nitrogens with zero attached hydrogens (tertiary/aromatic N) is 1. The highest BCUT2D eigenvalue weighted by molar-refractivity contribution is 5.81. The molecule has 1 aromatic carbocycles. The summed E-state index contributed by atoms with van der Waals surface area (Å²) < 4.78 is 0. The molecule has 0 amide bonds. The number of nitrogens with one attached hydrogen (secondary N) is 1. The van der Waals surface area contributed by atoms with Crippen LogP contribution in [0.2, 0.25) is 0 Å². The number of benzene rings is 1. The highest BCUT2D eigenvalue weighted by atomic mass is 15.0. The number of hydrogen-bond acceptors (Lipinski definition) is 3. The smallest absolute Gasteiger partial charge is 0.129 e. The van der Waals surface area contributed by atoms with Gasteiger partial charge in [0.15, 0.2) is 0 Å². The van der Waals surface area contributed by atoms with Gasteiger partial charge in [0, 0.05) is 17.5 Å². The molecule has 2 aromatic rings. The zero-order chi connectivity index (χ0) is 13.1. The Morgan fingerprint density at radius 1 is 1.28 bits per heavy atom. The molecule has 1 aromatic heterocycles. The van der Waals surface area contributed by atoms with Gasteiger partial charge >= 0.3 is 0 Å². The Kier molecular flexibility index (Phi) is 3.82. The maximum Gasteiger partial charge on any atom is 0.129 e. The molecule has 0 bridgehead atoms. The molecular formula is C15H21N3. The fourth-order valence-electron chi connectivity index (χ4n) is 2.22. The van der Waals surface area contributed by atoms with Crippen LogP contribution < -0.4 is 11.1 Å². The van der Waals surface area contributed by atoms with Crippen molar-refractivity contribution in [2.45, 2.75) is 39.3 Å². The second kappa shape index (κ2) is 5.36. The average molecular weight is 243 g/mol. The van der Waals surface area contributed by atoms with Crippen LogP contribution >= 0.6 is 0 Å². The molecule has 0 aliphatic rings. The van der Waals surface area contributed by atoms with E-state index in [9.17, 15) is 0 Å². The van der Waals surface area contributed by atoms with Crippen molar-refractivity contribution in [2.75, 3.05) is 5.32 Å². The summed E-state index contributed by atoms with van der Waals surface area (Å²) in [5.41, 5.74) is 8.01. The average Bonchev–Trinajstić information content (AvgIpc) is 2.29. The monoisotopic (exact) mass is 243 g/mol. The van der Waals surface area contributed by atoms with Gasteiger partial charge in [-0.15, -0.1) is 0 Å². The first kappa shape index (κ1) is 12.8. The molecule has 3 heteroatoms. The zero-order valence-electron chi connectivity index (χ0n) is 11.3. The predicted octanol–water partition coefficient (Wildman–Crippen LogP) is 3.08. The van der Waals surface area contributed by atoms with E-state index in [2.05, 4.69) is 36.3 Å². The second-order valence-corrected chi connectivity index (χ2v) is 5.10. The molecule has 0 saturated heterocycles. The number of nitrogens with two attached hydrogens (primary N) is 1. The van der Waals surface area contributed by atoms with Gasteiger partial charge in [-0.3, -0.25) is 0 Å². The molecule has 0 radical (unpaired) electrons. The highest BCUT2D eigenvalue weighted by Gasteiger charge is 2.08. The lowest BCUT2D eigenvalue weighted by Gasteiger charge is -2.18. The van der Waals surface area contributed by atoms with Crippen molar-refractivity contribution < 1.29 is 0 Å². The van der Waals surface area contributed by atoms with Gasteiger partial charge in [0.1, 0.15) is 5.82 Å². The first-order chi connectivity index (χ1) is 8.56. The van der Waals surface area contributed by atoms with Gasteiger partial charge in [0.05, 0.1) is 5.52 Å². The summed E-state index contributed by atoms with van der Waals surface area (Å²) in [7, 11) is 0. The van der Waals surface area contributed by atoms with E-state index < -0.39 is 0 Å². The standard InChI is InChI=1S/C15H21N3/c1-10-8-13-6-4-5-7-14(13)18-15(10)17-12(3)9-11(2)16/h4-8,11-12H,9,16H2,1-3H3,(H,17,18). The summed E-state index contributed by atoms with van der Waals surface area (Å²) in [5.74, 6) is 0.960. The molecule has 18 heavy (non-hydrogen) atoms. The Balaban J connectivity index is 2.25. The lowest BCUT2D eigenvalue weighted by atomic mass is 10.1. The van der Waals surface area contributed by atoms with Gasteiger partial charge < -0.3 is 11.1 Å². The van der Waals surface area contributed by atoms with E-state index in [0.717, 1.165) is 17.8 Å². The molecule has 0 fully saturated rings. The minimum absolute atomic E-state index is 0.202. The number of para-hydroxylation sites is 1. The van der Waals surface area contributed by atoms with Crippen LogP contribution in [0.15, 0.2) is 30.3 Å². The van der Waals surface area contributed by atoms with Crippen molar-refractivity contribution in [1.29, 1.82) is 0 Å². The van der Waals surface area contributed by atoms with Crippen molar-refractivity contribution in [3.8, 4) is 0 Å². The van der Waals surface area contributed by atoms with Crippen molar-refractivity contribution in [2.24, 2.45) is 5.73 Å². The third kappa shape index (κ3) is 2.99. The Labute approximate surface area is 108 Å². The Hall–Kier alpha value is -1.61. The molecular weight excluding hydrogens is 222 g/mol. The van der Waals surface area contributed by atoms with Crippen molar-refractivity contribution in [3.63, 3.8) is 0 Å². The summed E-state index contributed by atoms with van der Waals surface area (Å²) in [4.78, 5) is 4.67. The fraction of sp³-hybridized carbons (Fsp3) is 0.400. The van der Waals surface area contributed by atoms with Crippen LogP contribution in [-0.4, -0.2) is 17.1 Å². The molecule has 3 nitrogen and oxygen atoms in total. The maximum absolute atomic E-state index is 5.82. The van der Waals surface area contributed by atoms with Crippen LogP contribution in [0.25, 0.3) is 10.9 Å². The predicted molar refractivity (Wildman–Crippen MR) is 77.8 cm³/mol. The largest absolute Gasteiger partial charge is 0.367 e. The number of hydrogen-bond donors (Lipinski definition) is 2. The Bertz CT molecular complexity index is 534. The molecule has 0 spiro atoms. The summed E-state index contributed by atoms with van der Waals surface area (Å²) in [6.45, 7) is 6.25. The van der Waals surface area contributed by atoms with Crippen molar-refractivity contribution >= 4 is 16.7 Å². The number of pyridine rings is 1. The summed E-state index contributed by atoms with van der Waals surface area (Å²) in [6.07, 6.45) is 0.938.